The van der Waals surface area contributed by atoms with E-state index in [1.807, 2.05) is 0 Å². The molecule has 1 nitrogen and oxygen atoms in total. The predicted octanol–water partition coefficient (Wildman–Crippen LogP) is 3.45. The maximum atomic E-state index is 3.76. The highest BCUT2D eigenvalue weighted by atomic mass is 14.9. The fourth-order valence-corrected chi connectivity index (χ4v) is 6.21. The number of hydrogen-bond donors (Lipinski definition) is 1. The third-order valence-electron chi connectivity index (χ3n) is 6.84. The second kappa shape index (κ2) is 3.98. The summed E-state index contributed by atoms with van der Waals surface area (Å²) in [5.74, 6) is 6.50. The number of hydrogen-bond acceptors (Lipinski definition) is 1. The van der Waals surface area contributed by atoms with E-state index in [2.05, 4.69) is 12.4 Å². The minimum absolute atomic E-state index is 0.876. The minimum Gasteiger partial charge on any atom is -0.316 e. The van der Waals surface area contributed by atoms with Crippen LogP contribution in [0.4, 0.5) is 0 Å². The summed E-state index contributed by atoms with van der Waals surface area (Å²) in [7, 11) is 2.24. The van der Waals surface area contributed by atoms with Gasteiger partial charge >= 0.3 is 0 Å². The average molecular weight is 233 g/mol. The first-order valence-corrected chi connectivity index (χ1v) is 8.02. The van der Waals surface area contributed by atoms with Crippen molar-refractivity contribution in [2.24, 2.45) is 35.5 Å². The minimum atomic E-state index is 0.876. The van der Waals surface area contributed by atoms with Gasteiger partial charge in [-0.15, -0.1) is 0 Å². The van der Waals surface area contributed by atoms with Crippen LogP contribution in [0.3, 0.4) is 0 Å². The Morgan fingerprint density at radius 2 is 1.29 bits per heavy atom. The summed E-state index contributed by atoms with van der Waals surface area (Å²) in [6, 6.07) is 0.876. The van der Waals surface area contributed by atoms with Crippen molar-refractivity contribution >= 4 is 0 Å². The van der Waals surface area contributed by atoms with Crippen LogP contribution < -0.4 is 5.32 Å². The molecule has 4 aliphatic rings. The normalized spacial score (nSPS) is 53.5. The van der Waals surface area contributed by atoms with E-state index in [0.717, 1.165) is 41.5 Å². The lowest BCUT2D eigenvalue weighted by Gasteiger charge is -2.38. The molecule has 0 amide bonds. The van der Waals surface area contributed by atoms with Crippen molar-refractivity contribution < 1.29 is 0 Å². The molecule has 4 rings (SSSR count). The van der Waals surface area contributed by atoms with Crippen molar-refractivity contribution in [1.29, 1.82) is 0 Å². The zero-order valence-corrected chi connectivity index (χ0v) is 11.2. The number of nitrogens with one attached hydrogen (secondary N) is 1. The lowest BCUT2D eigenvalue weighted by Crippen LogP contribution is -2.44. The maximum absolute atomic E-state index is 3.76. The van der Waals surface area contributed by atoms with Crippen LogP contribution in [-0.4, -0.2) is 13.1 Å². The molecule has 1 heteroatoms. The van der Waals surface area contributed by atoms with Crippen molar-refractivity contribution in [2.45, 2.75) is 57.4 Å². The maximum Gasteiger partial charge on any atom is 0.0126 e. The van der Waals surface area contributed by atoms with E-state index in [1.54, 1.807) is 51.4 Å². The van der Waals surface area contributed by atoms with Crippen molar-refractivity contribution in [3.8, 4) is 0 Å². The van der Waals surface area contributed by atoms with Crippen LogP contribution in [0.2, 0.25) is 0 Å². The zero-order valence-electron chi connectivity index (χ0n) is 11.2. The molecule has 0 aromatic carbocycles. The molecule has 6 unspecified atom stereocenters. The van der Waals surface area contributed by atoms with Crippen LogP contribution in [0.1, 0.15) is 51.4 Å². The molecule has 0 aliphatic heterocycles. The van der Waals surface area contributed by atoms with Crippen molar-refractivity contribution in [1.82, 2.24) is 5.32 Å². The van der Waals surface area contributed by atoms with E-state index >= 15 is 0 Å². The van der Waals surface area contributed by atoms with Gasteiger partial charge < -0.3 is 5.32 Å². The van der Waals surface area contributed by atoms with Gasteiger partial charge in [-0.25, -0.2) is 0 Å². The van der Waals surface area contributed by atoms with Crippen molar-refractivity contribution in [3.63, 3.8) is 0 Å². The van der Waals surface area contributed by atoms with Gasteiger partial charge in [0.2, 0.25) is 0 Å². The van der Waals surface area contributed by atoms with Crippen molar-refractivity contribution in [2.75, 3.05) is 7.05 Å². The van der Waals surface area contributed by atoms with Crippen LogP contribution in [0.25, 0.3) is 0 Å². The van der Waals surface area contributed by atoms with Gasteiger partial charge in [-0.05, 0) is 81.1 Å². The first kappa shape index (κ1) is 10.8. The highest BCUT2D eigenvalue weighted by molar-refractivity contribution is 5.02. The molecule has 4 bridgehead atoms. The SMILES string of the molecule is CNC(C1CC2CCC1C2)C1CC2CCC1C2. The zero-order chi connectivity index (χ0) is 11.4. The second-order valence-corrected chi connectivity index (χ2v) is 7.49. The lowest BCUT2D eigenvalue weighted by molar-refractivity contribution is 0.156. The predicted molar refractivity (Wildman–Crippen MR) is 70.7 cm³/mol. The molecule has 4 aliphatic carbocycles. The summed E-state index contributed by atoms with van der Waals surface area (Å²) in [6.45, 7) is 0. The highest BCUT2D eigenvalue weighted by Crippen LogP contribution is 2.55. The van der Waals surface area contributed by atoms with Gasteiger partial charge in [0.05, 0.1) is 0 Å². The molecule has 4 fully saturated rings. The molecule has 17 heavy (non-hydrogen) atoms. The number of rotatable bonds is 3. The first-order valence-electron chi connectivity index (χ1n) is 8.02. The topological polar surface area (TPSA) is 12.0 Å². The molecule has 1 N–H and O–H groups in total. The first-order chi connectivity index (χ1) is 8.35. The highest BCUT2D eigenvalue weighted by Gasteiger charge is 2.49. The molecule has 0 aromatic heterocycles. The summed E-state index contributed by atoms with van der Waals surface area (Å²) >= 11 is 0. The fraction of sp³-hybridized carbons (Fsp3) is 1.00. The van der Waals surface area contributed by atoms with E-state index in [0.29, 0.717) is 0 Å². The third-order valence-corrected chi connectivity index (χ3v) is 6.84. The standard InChI is InChI=1S/C16H27N/c1-17-16(14-8-10-2-4-12(14)6-10)15-9-11-3-5-13(15)7-11/h10-17H,2-9H2,1H3. The van der Waals surface area contributed by atoms with E-state index < -0.39 is 0 Å². The van der Waals surface area contributed by atoms with Gasteiger partial charge in [-0.1, -0.05) is 12.8 Å². The van der Waals surface area contributed by atoms with Gasteiger partial charge in [0.25, 0.3) is 0 Å². The molecule has 0 aromatic rings. The molecule has 0 saturated heterocycles. The van der Waals surface area contributed by atoms with Crippen LogP contribution in [0.5, 0.6) is 0 Å². The van der Waals surface area contributed by atoms with Gasteiger partial charge in [0.15, 0.2) is 0 Å². The van der Waals surface area contributed by atoms with Gasteiger partial charge in [-0.2, -0.15) is 0 Å². The van der Waals surface area contributed by atoms with E-state index in [4.69, 9.17) is 0 Å². The molecule has 0 spiro atoms. The van der Waals surface area contributed by atoms with E-state index in [9.17, 15) is 0 Å². The molecular weight excluding hydrogens is 206 g/mol. The average Bonchev–Trinajstić information content (AvgIpc) is 3.10. The molecule has 0 radical (unpaired) electrons. The summed E-state index contributed by atoms with van der Waals surface area (Å²) < 4.78 is 0. The largest absolute Gasteiger partial charge is 0.316 e. The fourth-order valence-electron chi connectivity index (χ4n) is 6.21. The lowest BCUT2D eigenvalue weighted by atomic mass is 9.73. The van der Waals surface area contributed by atoms with E-state index in [-0.39, 0.29) is 0 Å². The Morgan fingerprint density at radius 3 is 1.59 bits per heavy atom. The van der Waals surface area contributed by atoms with E-state index in [1.165, 1.54) is 0 Å². The van der Waals surface area contributed by atoms with Gasteiger partial charge in [0.1, 0.15) is 0 Å². The summed E-state index contributed by atoms with van der Waals surface area (Å²) in [4.78, 5) is 0. The van der Waals surface area contributed by atoms with Crippen LogP contribution in [0, 0.1) is 35.5 Å². The van der Waals surface area contributed by atoms with Gasteiger partial charge in [0, 0.05) is 6.04 Å². The molecule has 4 saturated carbocycles. The second-order valence-electron chi connectivity index (χ2n) is 7.49. The summed E-state index contributed by atoms with van der Waals surface area (Å²) in [6.07, 6.45) is 12.5. The monoisotopic (exact) mass is 233 g/mol. The van der Waals surface area contributed by atoms with Crippen LogP contribution in [0.15, 0.2) is 0 Å². The molecular formula is C16H27N. The Hall–Kier alpha value is -0.0400. The Bertz CT molecular complexity index is 272. The smallest absolute Gasteiger partial charge is 0.0126 e. The number of fused-ring (bicyclic) bond motifs is 4. The summed E-state index contributed by atoms with van der Waals surface area (Å²) in [5.41, 5.74) is 0. The Labute approximate surface area is 106 Å². The Morgan fingerprint density at radius 1 is 0.765 bits per heavy atom. The van der Waals surface area contributed by atoms with Crippen LogP contribution in [-0.2, 0) is 0 Å². The van der Waals surface area contributed by atoms with Crippen molar-refractivity contribution in [3.05, 3.63) is 0 Å². The molecule has 0 heterocycles. The molecule has 6 atom stereocenters. The summed E-state index contributed by atoms with van der Waals surface area (Å²) in [5, 5.41) is 3.76. The Balaban J connectivity index is 1.51. The van der Waals surface area contributed by atoms with Crippen LogP contribution >= 0.6 is 0 Å². The quantitative estimate of drug-likeness (QED) is 0.787. The third kappa shape index (κ3) is 1.61. The van der Waals surface area contributed by atoms with Gasteiger partial charge in [-0.3, -0.25) is 0 Å². The molecule has 96 valence electrons. The Kier molecular flexibility index (Phi) is 2.54.